The molecule has 0 unspecified atom stereocenters. The van der Waals surface area contributed by atoms with Gasteiger partial charge in [0.2, 0.25) is 5.91 Å². The van der Waals surface area contributed by atoms with E-state index in [1.165, 1.54) is 7.11 Å². The molecule has 5 nitrogen and oxygen atoms in total. The van der Waals surface area contributed by atoms with Crippen LogP contribution in [-0.2, 0) is 11.3 Å². The summed E-state index contributed by atoms with van der Waals surface area (Å²) in [5.41, 5.74) is 0.949. The van der Waals surface area contributed by atoms with Crippen LogP contribution < -0.4 is 10.1 Å². The number of phenols is 1. The molecule has 0 atom stereocenters. The van der Waals surface area contributed by atoms with Gasteiger partial charge in [0.25, 0.3) is 0 Å². The minimum atomic E-state index is 0.114. The number of hydrogen-bond acceptors (Lipinski definition) is 4. The second kappa shape index (κ2) is 6.61. The van der Waals surface area contributed by atoms with Crippen LogP contribution in [0.4, 0.5) is 0 Å². The van der Waals surface area contributed by atoms with Gasteiger partial charge in [0, 0.05) is 19.5 Å². The van der Waals surface area contributed by atoms with Crippen LogP contribution >= 0.6 is 0 Å². The van der Waals surface area contributed by atoms with E-state index in [9.17, 15) is 9.90 Å². The second-order valence-electron chi connectivity index (χ2n) is 5.22. The zero-order valence-electron chi connectivity index (χ0n) is 12.1. The summed E-state index contributed by atoms with van der Waals surface area (Å²) in [6.45, 7) is 2.36. The van der Waals surface area contributed by atoms with Crippen molar-refractivity contribution in [1.29, 1.82) is 0 Å². The highest BCUT2D eigenvalue weighted by atomic mass is 16.5. The maximum Gasteiger partial charge on any atom is 0.225 e. The van der Waals surface area contributed by atoms with Crippen molar-refractivity contribution in [2.75, 3.05) is 27.2 Å². The molecule has 1 aliphatic heterocycles. The lowest BCUT2D eigenvalue weighted by atomic mass is 9.96. The first-order valence-corrected chi connectivity index (χ1v) is 6.93. The van der Waals surface area contributed by atoms with Gasteiger partial charge in [-0.3, -0.25) is 4.79 Å². The van der Waals surface area contributed by atoms with Crippen LogP contribution in [0.3, 0.4) is 0 Å². The minimum Gasteiger partial charge on any atom is -0.504 e. The van der Waals surface area contributed by atoms with Gasteiger partial charge in [-0.15, -0.1) is 0 Å². The largest absolute Gasteiger partial charge is 0.504 e. The van der Waals surface area contributed by atoms with Crippen LogP contribution in [0.25, 0.3) is 0 Å². The average Bonchev–Trinajstić information content (AvgIpc) is 2.49. The third-order valence-corrected chi connectivity index (χ3v) is 3.73. The number of aromatic hydroxyl groups is 1. The fourth-order valence-electron chi connectivity index (χ4n) is 2.55. The Labute approximate surface area is 119 Å². The summed E-state index contributed by atoms with van der Waals surface area (Å²) in [6.07, 6.45) is 1.81. The summed E-state index contributed by atoms with van der Waals surface area (Å²) in [5, 5.41) is 12.8. The number of carbonyl (C=O) groups excluding carboxylic acids is 1. The van der Waals surface area contributed by atoms with Gasteiger partial charge in [-0.2, -0.15) is 0 Å². The number of carbonyl (C=O) groups is 1. The molecule has 0 spiro atoms. The first kappa shape index (κ1) is 14.7. The Morgan fingerprint density at radius 3 is 2.80 bits per heavy atom. The molecule has 0 aliphatic carbocycles. The Morgan fingerprint density at radius 1 is 1.45 bits per heavy atom. The third kappa shape index (κ3) is 3.42. The molecular formula is C15H22N2O3. The molecule has 2 rings (SSSR count). The standard InChI is InChI=1S/C15H22N2O3/c1-17(15(19)12-5-7-16-8-6-12)10-11-3-4-13(18)14(9-11)20-2/h3-4,9,12,16,18H,5-8,10H2,1-2H3. The van der Waals surface area contributed by atoms with Crippen molar-refractivity contribution in [2.45, 2.75) is 19.4 Å². The van der Waals surface area contributed by atoms with Crippen molar-refractivity contribution < 1.29 is 14.6 Å². The molecule has 2 N–H and O–H groups in total. The SMILES string of the molecule is COc1cc(CN(C)C(=O)C2CCNCC2)ccc1O. The Hall–Kier alpha value is -1.75. The molecule has 1 amide bonds. The zero-order valence-corrected chi connectivity index (χ0v) is 12.1. The predicted molar refractivity (Wildman–Crippen MR) is 76.7 cm³/mol. The summed E-state index contributed by atoms with van der Waals surface area (Å²) in [6, 6.07) is 5.17. The van der Waals surface area contributed by atoms with Gasteiger partial charge >= 0.3 is 0 Å². The second-order valence-corrected chi connectivity index (χ2v) is 5.22. The van der Waals surface area contributed by atoms with Crippen molar-refractivity contribution in [3.8, 4) is 11.5 Å². The van der Waals surface area contributed by atoms with Crippen molar-refractivity contribution in [1.82, 2.24) is 10.2 Å². The Bertz CT molecular complexity index is 470. The highest BCUT2D eigenvalue weighted by Crippen LogP contribution is 2.27. The van der Waals surface area contributed by atoms with Crippen molar-refractivity contribution in [3.63, 3.8) is 0 Å². The van der Waals surface area contributed by atoms with Gasteiger partial charge in [0.1, 0.15) is 0 Å². The number of nitrogens with one attached hydrogen (secondary N) is 1. The summed E-state index contributed by atoms with van der Waals surface area (Å²) < 4.78 is 5.08. The maximum absolute atomic E-state index is 12.3. The number of nitrogens with zero attached hydrogens (tertiary/aromatic N) is 1. The van der Waals surface area contributed by atoms with Gasteiger partial charge in [-0.25, -0.2) is 0 Å². The molecule has 0 aromatic heterocycles. The van der Waals surface area contributed by atoms with E-state index >= 15 is 0 Å². The fourth-order valence-corrected chi connectivity index (χ4v) is 2.55. The molecule has 1 fully saturated rings. The number of phenolic OH excluding ortho intramolecular Hbond substituents is 1. The molecule has 5 heteroatoms. The number of amides is 1. The summed E-state index contributed by atoms with van der Waals surface area (Å²) in [7, 11) is 3.34. The number of methoxy groups -OCH3 is 1. The lowest BCUT2D eigenvalue weighted by Gasteiger charge is -2.27. The van der Waals surface area contributed by atoms with Gasteiger partial charge in [-0.1, -0.05) is 6.07 Å². The van der Waals surface area contributed by atoms with Crippen molar-refractivity contribution in [2.24, 2.45) is 5.92 Å². The first-order chi connectivity index (χ1) is 9.61. The normalized spacial score (nSPS) is 15.9. The van der Waals surface area contributed by atoms with Crippen LogP contribution in [-0.4, -0.2) is 43.2 Å². The quantitative estimate of drug-likeness (QED) is 0.873. The summed E-state index contributed by atoms with van der Waals surface area (Å²) >= 11 is 0. The van der Waals surface area contributed by atoms with Crippen LogP contribution in [0.1, 0.15) is 18.4 Å². The molecule has 1 saturated heterocycles. The number of hydrogen-bond donors (Lipinski definition) is 2. The van der Waals surface area contributed by atoms with Gasteiger partial charge in [0.05, 0.1) is 7.11 Å². The molecule has 110 valence electrons. The number of rotatable bonds is 4. The number of ether oxygens (including phenoxy) is 1. The van der Waals surface area contributed by atoms with E-state index in [0.29, 0.717) is 12.3 Å². The molecule has 20 heavy (non-hydrogen) atoms. The van der Waals surface area contributed by atoms with Gasteiger partial charge in [-0.05, 0) is 43.6 Å². The molecule has 1 aromatic carbocycles. The topological polar surface area (TPSA) is 61.8 Å². The molecular weight excluding hydrogens is 256 g/mol. The van der Waals surface area contributed by atoms with Crippen LogP contribution in [0.2, 0.25) is 0 Å². The van der Waals surface area contributed by atoms with Crippen molar-refractivity contribution >= 4 is 5.91 Å². The van der Waals surface area contributed by atoms with Crippen LogP contribution in [0, 0.1) is 5.92 Å². The summed E-state index contributed by atoms with van der Waals surface area (Å²) in [5.74, 6) is 0.868. The molecule has 1 heterocycles. The van der Waals surface area contributed by atoms with E-state index in [2.05, 4.69) is 5.32 Å². The zero-order chi connectivity index (χ0) is 14.5. The van der Waals surface area contributed by atoms with E-state index in [1.54, 1.807) is 17.0 Å². The Morgan fingerprint density at radius 2 is 2.15 bits per heavy atom. The van der Waals surface area contributed by atoms with Crippen LogP contribution in [0.15, 0.2) is 18.2 Å². The molecule has 0 saturated carbocycles. The van der Waals surface area contributed by atoms with E-state index in [0.717, 1.165) is 31.5 Å². The van der Waals surface area contributed by atoms with Gasteiger partial charge in [0.15, 0.2) is 11.5 Å². The van der Waals surface area contributed by atoms with Crippen LogP contribution in [0.5, 0.6) is 11.5 Å². The average molecular weight is 278 g/mol. The van der Waals surface area contributed by atoms with Crippen molar-refractivity contribution in [3.05, 3.63) is 23.8 Å². The smallest absolute Gasteiger partial charge is 0.225 e. The lowest BCUT2D eigenvalue weighted by molar-refractivity contribution is -0.135. The fraction of sp³-hybridized carbons (Fsp3) is 0.533. The monoisotopic (exact) mass is 278 g/mol. The molecule has 0 bridgehead atoms. The van der Waals surface area contributed by atoms with E-state index in [-0.39, 0.29) is 17.6 Å². The van der Waals surface area contributed by atoms with E-state index < -0.39 is 0 Å². The number of benzene rings is 1. The minimum absolute atomic E-state index is 0.114. The highest BCUT2D eigenvalue weighted by Gasteiger charge is 2.23. The summed E-state index contributed by atoms with van der Waals surface area (Å²) in [4.78, 5) is 14.1. The lowest BCUT2D eigenvalue weighted by Crippen LogP contribution is -2.38. The Balaban J connectivity index is 1.99. The van der Waals surface area contributed by atoms with E-state index in [1.807, 2.05) is 13.1 Å². The first-order valence-electron chi connectivity index (χ1n) is 6.93. The van der Waals surface area contributed by atoms with E-state index in [4.69, 9.17) is 4.74 Å². The van der Waals surface area contributed by atoms with Gasteiger partial charge < -0.3 is 20.1 Å². The predicted octanol–water partition coefficient (Wildman–Crippen LogP) is 1.36. The molecule has 1 aliphatic rings. The third-order valence-electron chi connectivity index (χ3n) is 3.73. The molecule has 1 aromatic rings. The highest BCUT2D eigenvalue weighted by molar-refractivity contribution is 5.78. The number of piperidine rings is 1. The molecule has 0 radical (unpaired) electrons. The Kier molecular flexibility index (Phi) is 4.84. The maximum atomic E-state index is 12.3.